The van der Waals surface area contributed by atoms with Gasteiger partial charge in [0.2, 0.25) is 0 Å². The number of alkyl halides is 3. The number of halogens is 3. The number of benzene rings is 1. The van der Waals surface area contributed by atoms with Crippen LogP contribution in [0.5, 0.6) is 0 Å². The molecule has 0 spiro atoms. The van der Waals surface area contributed by atoms with Crippen LogP contribution in [-0.4, -0.2) is 40.0 Å². The van der Waals surface area contributed by atoms with Gasteiger partial charge < -0.3 is 10.0 Å². The van der Waals surface area contributed by atoms with Crippen molar-refractivity contribution in [3.05, 3.63) is 71.1 Å². The van der Waals surface area contributed by atoms with Gasteiger partial charge in [0.05, 0.1) is 22.4 Å². The SMILES string of the molecule is O=C(O)c1ccc(C2=CCN(C(=O)c3ccccc3C(F)(F)F)CC2)nc1. The second kappa shape index (κ2) is 7.22. The summed E-state index contributed by atoms with van der Waals surface area (Å²) in [5.41, 5.74) is 0.153. The monoisotopic (exact) mass is 376 g/mol. The lowest BCUT2D eigenvalue weighted by atomic mass is 10.0. The summed E-state index contributed by atoms with van der Waals surface area (Å²) >= 11 is 0. The maximum absolute atomic E-state index is 13.1. The third-order valence-corrected chi connectivity index (χ3v) is 4.30. The van der Waals surface area contributed by atoms with Crippen LogP contribution in [0.1, 0.15) is 38.4 Å². The Morgan fingerprint density at radius 3 is 2.41 bits per heavy atom. The fourth-order valence-corrected chi connectivity index (χ4v) is 2.88. The largest absolute Gasteiger partial charge is 0.478 e. The molecule has 1 aliphatic rings. The fraction of sp³-hybridized carbons (Fsp3) is 0.211. The zero-order valence-corrected chi connectivity index (χ0v) is 14.0. The van der Waals surface area contributed by atoms with E-state index in [0.29, 0.717) is 12.1 Å². The highest BCUT2D eigenvalue weighted by atomic mass is 19.4. The van der Waals surface area contributed by atoms with Gasteiger partial charge in [0.15, 0.2) is 0 Å². The summed E-state index contributed by atoms with van der Waals surface area (Å²) < 4.78 is 39.3. The Kier molecular flexibility index (Phi) is 4.98. The number of rotatable bonds is 3. The molecular weight excluding hydrogens is 361 g/mol. The van der Waals surface area contributed by atoms with Gasteiger partial charge in [-0.05, 0) is 36.3 Å². The average molecular weight is 376 g/mol. The number of nitrogens with zero attached hydrogens (tertiary/aromatic N) is 2. The summed E-state index contributed by atoms with van der Waals surface area (Å²) in [5.74, 6) is -1.75. The van der Waals surface area contributed by atoms with Gasteiger partial charge in [-0.2, -0.15) is 13.2 Å². The molecule has 0 bridgehead atoms. The Bertz CT molecular complexity index is 905. The summed E-state index contributed by atoms with van der Waals surface area (Å²) in [6.45, 7) is 0.405. The molecule has 1 aliphatic heterocycles. The van der Waals surface area contributed by atoms with E-state index in [2.05, 4.69) is 4.98 Å². The number of aromatic carboxylic acids is 1. The van der Waals surface area contributed by atoms with E-state index in [4.69, 9.17) is 5.11 Å². The molecular formula is C19H15F3N2O3. The Labute approximate surface area is 152 Å². The van der Waals surface area contributed by atoms with E-state index in [-0.39, 0.29) is 24.2 Å². The number of amides is 1. The predicted octanol–water partition coefficient (Wildman–Crippen LogP) is 3.73. The van der Waals surface area contributed by atoms with Crippen molar-refractivity contribution in [3.63, 3.8) is 0 Å². The van der Waals surface area contributed by atoms with Crippen molar-refractivity contribution in [2.45, 2.75) is 12.6 Å². The van der Waals surface area contributed by atoms with Crippen molar-refractivity contribution < 1.29 is 27.9 Å². The van der Waals surface area contributed by atoms with E-state index in [1.165, 1.54) is 35.4 Å². The Morgan fingerprint density at radius 1 is 1.11 bits per heavy atom. The molecule has 1 aromatic heterocycles. The molecule has 8 heteroatoms. The molecule has 1 aromatic carbocycles. The minimum atomic E-state index is -4.60. The van der Waals surface area contributed by atoms with Gasteiger partial charge >= 0.3 is 12.1 Å². The first-order valence-electron chi connectivity index (χ1n) is 8.11. The van der Waals surface area contributed by atoms with Crippen LogP contribution >= 0.6 is 0 Å². The molecule has 1 amide bonds. The summed E-state index contributed by atoms with van der Waals surface area (Å²) in [6.07, 6.45) is -1.21. The topological polar surface area (TPSA) is 70.5 Å². The normalized spacial score (nSPS) is 14.6. The van der Waals surface area contributed by atoms with Crippen LogP contribution in [0, 0.1) is 0 Å². The number of hydrogen-bond acceptors (Lipinski definition) is 3. The van der Waals surface area contributed by atoms with Gasteiger partial charge in [-0.3, -0.25) is 9.78 Å². The number of carboxylic acids is 1. The first-order chi connectivity index (χ1) is 12.8. The summed E-state index contributed by atoms with van der Waals surface area (Å²) in [7, 11) is 0. The molecule has 2 heterocycles. The summed E-state index contributed by atoms with van der Waals surface area (Å²) in [6, 6.07) is 7.74. The Morgan fingerprint density at radius 2 is 1.85 bits per heavy atom. The summed E-state index contributed by atoms with van der Waals surface area (Å²) in [5, 5.41) is 8.89. The minimum absolute atomic E-state index is 0.0655. The zero-order chi connectivity index (χ0) is 19.6. The van der Waals surface area contributed by atoms with Crippen molar-refractivity contribution in [3.8, 4) is 0 Å². The zero-order valence-electron chi connectivity index (χ0n) is 14.0. The molecule has 0 atom stereocenters. The minimum Gasteiger partial charge on any atom is -0.478 e. The standard InChI is InChI=1S/C19H15F3N2O3/c20-19(21,22)15-4-2-1-3-14(15)17(25)24-9-7-12(8-10-24)16-6-5-13(11-23-16)18(26)27/h1-7,11H,8-10H2,(H,26,27). The van der Waals surface area contributed by atoms with E-state index in [1.807, 2.05) is 0 Å². The van der Waals surface area contributed by atoms with Gasteiger partial charge in [-0.25, -0.2) is 4.79 Å². The van der Waals surface area contributed by atoms with Crippen LogP contribution in [0.4, 0.5) is 13.2 Å². The maximum atomic E-state index is 13.1. The van der Waals surface area contributed by atoms with E-state index < -0.39 is 23.6 Å². The molecule has 2 aromatic rings. The van der Waals surface area contributed by atoms with E-state index in [0.717, 1.165) is 11.6 Å². The Hall–Kier alpha value is -3.16. The molecule has 0 unspecified atom stereocenters. The van der Waals surface area contributed by atoms with Gasteiger partial charge in [0, 0.05) is 19.3 Å². The number of hydrogen-bond donors (Lipinski definition) is 1. The highest BCUT2D eigenvalue weighted by Crippen LogP contribution is 2.33. The molecule has 0 saturated carbocycles. The third kappa shape index (κ3) is 3.99. The van der Waals surface area contributed by atoms with Crippen molar-refractivity contribution in [2.24, 2.45) is 0 Å². The van der Waals surface area contributed by atoms with Crippen molar-refractivity contribution >= 4 is 17.4 Å². The Balaban J connectivity index is 1.77. The fourth-order valence-electron chi connectivity index (χ4n) is 2.88. The smallest absolute Gasteiger partial charge is 0.417 e. The summed E-state index contributed by atoms with van der Waals surface area (Å²) in [4.78, 5) is 28.8. The molecule has 0 saturated heterocycles. The van der Waals surface area contributed by atoms with Gasteiger partial charge in [-0.15, -0.1) is 0 Å². The van der Waals surface area contributed by atoms with E-state index >= 15 is 0 Å². The third-order valence-electron chi connectivity index (χ3n) is 4.30. The van der Waals surface area contributed by atoms with Crippen LogP contribution < -0.4 is 0 Å². The second-order valence-corrected chi connectivity index (χ2v) is 6.01. The molecule has 0 aliphatic carbocycles. The maximum Gasteiger partial charge on any atom is 0.417 e. The number of carbonyl (C=O) groups excluding carboxylic acids is 1. The molecule has 0 radical (unpaired) electrons. The average Bonchev–Trinajstić information content (AvgIpc) is 2.67. The lowest BCUT2D eigenvalue weighted by Gasteiger charge is -2.27. The number of pyridine rings is 1. The van der Waals surface area contributed by atoms with Crippen molar-refractivity contribution in [1.29, 1.82) is 0 Å². The highest BCUT2D eigenvalue weighted by Gasteiger charge is 2.36. The van der Waals surface area contributed by atoms with Crippen LogP contribution in [-0.2, 0) is 6.18 Å². The molecule has 27 heavy (non-hydrogen) atoms. The number of carbonyl (C=O) groups is 2. The molecule has 140 valence electrons. The van der Waals surface area contributed by atoms with Gasteiger partial charge in [0.1, 0.15) is 0 Å². The number of carboxylic acid groups (broad SMARTS) is 1. The van der Waals surface area contributed by atoms with E-state index in [1.54, 1.807) is 12.1 Å². The molecule has 5 nitrogen and oxygen atoms in total. The predicted molar refractivity (Wildman–Crippen MR) is 91.1 cm³/mol. The quantitative estimate of drug-likeness (QED) is 0.886. The van der Waals surface area contributed by atoms with Gasteiger partial charge in [-0.1, -0.05) is 18.2 Å². The van der Waals surface area contributed by atoms with Crippen molar-refractivity contribution in [1.82, 2.24) is 9.88 Å². The molecule has 3 rings (SSSR count). The lowest BCUT2D eigenvalue weighted by Crippen LogP contribution is -2.35. The second-order valence-electron chi connectivity index (χ2n) is 6.01. The van der Waals surface area contributed by atoms with Crippen LogP contribution in [0.25, 0.3) is 5.57 Å². The highest BCUT2D eigenvalue weighted by molar-refractivity contribution is 5.96. The molecule has 0 fully saturated rings. The van der Waals surface area contributed by atoms with Crippen molar-refractivity contribution in [2.75, 3.05) is 13.1 Å². The van der Waals surface area contributed by atoms with Crippen LogP contribution in [0.15, 0.2) is 48.7 Å². The molecule has 1 N–H and O–H groups in total. The van der Waals surface area contributed by atoms with Gasteiger partial charge in [0.25, 0.3) is 5.91 Å². The number of aromatic nitrogens is 1. The van der Waals surface area contributed by atoms with Crippen LogP contribution in [0.3, 0.4) is 0 Å². The first-order valence-corrected chi connectivity index (χ1v) is 8.11. The lowest BCUT2D eigenvalue weighted by molar-refractivity contribution is -0.138. The van der Waals surface area contributed by atoms with E-state index in [9.17, 15) is 22.8 Å². The first kappa shape index (κ1) is 18.6. The van der Waals surface area contributed by atoms with Crippen LogP contribution in [0.2, 0.25) is 0 Å².